The Hall–Kier alpha value is 0.353. The third kappa shape index (κ3) is 60.9. The van der Waals surface area contributed by atoms with Gasteiger partial charge in [-0.15, -0.1) is 0 Å². The largest absolute Gasteiger partial charge is 0.483 e. The topological polar surface area (TPSA) is 37.3 Å². The summed E-state index contributed by atoms with van der Waals surface area (Å²) in [5.41, 5.74) is 0. The van der Waals surface area contributed by atoms with Gasteiger partial charge in [-0.05, 0) is 0 Å². The van der Waals surface area contributed by atoms with Crippen molar-refractivity contribution < 1.29 is 36.1 Å². The third-order valence-electron chi connectivity index (χ3n) is 0.707. The fraction of sp³-hybridized carbons (Fsp3) is 0.833. The second kappa shape index (κ2) is 23.8. The van der Waals surface area contributed by atoms with E-state index < -0.39 is 0 Å². The van der Waals surface area contributed by atoms with Gasteiger partial charge >= 0.3 is 0 Å². The summed E-state index contributed by atoms with van der Waals surface area (Å²) in [6.07, 6.45) is 4.08. The van der Waals surface area contributed by atoms with Gasteiger partial charge in [-0.2, -0.15) is 0 Å². The second-order valence-electron chi connectivity index (χ2n) is 1.46. The van der Waals surface area contributed by atoms with E-state index in [1.54, 1.807) is 0 Å². The van der Waals surface area contributed by atoms with E-state index in [4.69, 9.17) is 9.90 Å². The van der Waals surface area contributed by atoms with Crippen molar-refractivity contribution in [3.8, 4) is 0 Å². The number of carboxylic acid groups (broad SMARTS) is 1. The minimum atomic E-state index is -0.250. The van der Waals surface area contributed by atoms with E-state index in [9.17, 15) is 0 Å². The van der Waals surface area contributed by atoms with Crippen molar-refractivity contribution >= 4 is 6.47 Å². The van der Waals surface area contributed by atoms with Crippen LogP contribution in [0.2, 0.25) is 0 Å². The van der Waals surface area contributed by atoms with E-state index in [0.29, 0.717) is 0 Å². The summed E-state index contributed by atoms with van der Waals surface area (Å²) in [4.78, 5) is 8.36. The molecule has 0 unspecified atom stereocenters. The van der Waals surface area contributed by atoms with Crippen molar-refractivity contribution in [3.63, 3.8) is 0 Å². The Kier molecular flexibility index (Phi) is 42.8. The molecule has 9 heavy (non-hydrogen) atoms. The van der Waals surface area contributed by atoms with E-state index >= 15 is 0 Å². The summed E-state index contributed by atoms with van der Waals surface area (Å²) in [6.45, 7) is 4.17. The third-order valence-corrected chi connectivity index (χ3v) is 0.707. The van der Waals surface area contributed by atoms with Crippen LogP contribution in [0, 0.1) is 0 Å². The molecule has 0 fully saturated rings. The molecule has 1 N–H and O–H groups in total. The predicted molar refractivity (Wildman–Crippen MR) is 33.9 cm³/mol. The average molecular weight is 209 g/mol. The van der Waals surface area contributed by atoms with Gasteiger partial charge in [0.25, 0.3) is 6.47 Å². The maximum Gasteiger partial charge on any atom is 0.290 e. The maximum absolute atomic E-state index is 8.36. The Morgan fingerprint density at radius 3 is 1.56 bits per heavy atom. The molecule has 0 atom stereocenters. The number of rotatable bonds is 2. The fourth-order valence-corrected chi connectivity index (χ4v) is 0.354. The minimum Gasteiger partial charge on any atom is -0.483 e. The predicted octanol–water partition coefficient (Wildman–Crippen LogP) is 1.89. The summed E-state index contributed by atoms with van der Waals surface area (Å²) in [5, 5.41) is 6.89. The van der Waals surface area contributed by atoms with Gasteiger partial charge in [0, 0.05) is 26.2 Å². The van der Waals surface area contributed by atoms with Crippen molar-refractivity contribution in [1.29, 1.82) is 0 Å². The van der Waals surface area contributed by atoms with Crippen LogP contribution in [0.3, 0.4) is 0 Å². The van der Waals surface area contributed by atoms with Crippen LogP contribution in [-0.2, 0) is 31.0 Å². The van der Waals surface area contributed by atoms with Gasteiger partial charge in [-0.1, -0.05) is 33.1 Å². The van der Waals surface area contributed by atoms with Gasteiger partial charge < -0.3 is 5.11 Å². The molecule has 3 heteroatoms. The molecule has 0 saturated heterocycles. The molecule has 0 bridgehead atoms. The Morgan fingerprint density at radius 2 is 1.56 bits per heavy atom. The zero-order valence-electron chi connectivity index (χ0n) is 6.05. The van der Waals surface area contributed by atoms with Crippen LogP contribution in [0.1, 0.15) is 33.1 Å². The molecule has 0 amide bonds. The second-order valence-corrected chi connectivity index (χ2v) is 1.46. The van der Waals surface area contributed by atoms with Crippen molar-refractivity contribution in [2.45, 2.75) is 33.1 Å². The average Bonchev–Trinajstić information content (AvgIpc) is 1.71. The molecule has 0 radical (unpaired) electrons. The number of hydrogen-bond acceptors (Lipinski definition) is 1. The van der Waals surface area contributed by atoms with Gasteiger partial charge in [0.15, 0.2) is 0 Å². The molecule has 0 aliphatic carbocycles. The summed E-state index contributed by atoms with van der Waals surface area (Å²) in [6, 6.07) is 0. The van der Waals surface area contributed by atoms with Crippen LogP contribution >= 0.6 is 0 Å². The molecule has 0 aromatic carbocycles. The minimum absolute atomic E-state index is 0. The fourth-order valence-electron chi connectivity index (χ4n) is 0.354. The standard InChI is InChI=1S/C5H12.CH2O2.Zr/c1-3-5-4-2;2-1-3;/h3-5H2,1-2H3;1H,(H,2,3);. The van der Waals surface area contributed by atoms with Crippen molar-refractivity contribution in [2.75, 3.05) is 0 Å². The zero-order valence-corrected chi connectivity index (χ0v) is 8.51. The van der Waals surface area contributed by atoms with Gasteiger partial charge in [0.1, 0.15) is 0 Å². The van der Waals surface area contributed by atoms with Gasteiger partial charge in [0.2, 0.25) is 0 Å². The Bertz CT molecular complexity index is 38.0. The van der Waals surface area contributed by atoms with Gasteiger partial charge in [0.05, 0.1) is 0 Å². The van der Waals surface area contributed by atoms with E-state index in [1.807, 2.05) is 0 Å². The smallest absolute Gasteiger partial charge is 0.290 e. The Morgan fingerprint density at radius 1 is 1.33 bits per heavy atom. The van der Waals surface area contributed by atoms with Gasteiger partial charge in [-0.25, -0.2) is 0 Å². The van der Waals surface area contributed by atoms with Crippen LogP contribution in [0.25, 0.3) is 0 Å². The van der Waals surface area contributed by atoms with Crippen molar-refractivity contribution in [2.24, 2.45) is 0 Å². The first kappa shape index (κ1) is 16.2. The number of hydrogen-bond donors (Lipinski definition) is 1. The molecule has 0 aromatic rings. The molecule has 2 nitrogen and oxygen atoms in total. The van der Waals surface area contributed by atoms with Crippen LogP contribution in [0.15, 0.2) is 0 Å². The van der Waals surface area contributed by atoms with Crippen LogP contribution in [0.5, 0.6) is 0 Å². The van der Waals surface area contributed by atoms with Gasteiger partial charge in [-0.3, -0.25) is 4.79 Å². The first-order chi connectivity index (χ1) is 3.83. The first-order valence-corrected chi connectivity index (χ1v) is 2.91. The molecule has 0 aliphatic heterocycles. The zero-order chi connectivity index (χ0) is 6.83. The van der Waals surface area contributed by atoms with Crippen LogP contribution in [-0.4, -0.2) is 11.6 Å². The molecule has 0 spiro atoms. The molecule has 54 valence electrons. The SMILES string of the molecule is CCCCC.O=CO.[Zr]. The van der Waals surface area contributed by atoms with E-state index in [0.717, 1.165) is 0 Å². The van der Waals surface area contributed by atoms with Crippen molar-refractivity contribution in [3.05, 3.63) is 0 Å². The Balaban J connectivity index is -0.0000000800. The molecular formula is C6H14O2Zr. The monoisotopic (exact) mass is 208 g/mol. The molecule has 0 aromatic heterocycles. The van der Waals surface area contributed by atoms with Crippen LogP contribution in [0.4, 0.5) is 0 Å². The summed E-state index contributed by atoms with van der Waals surface area (Å²) in [5.74, 6) is 0. The molecule has 0 heterocycles. The van der Waals surface area contributed by atoms with E-state index in [1.165, 1.54) is 19.3 Å². The Labute approximate surface area is 75.8 Å². The quantitative estimate of drug-likeness (QED) is 0.705. The van der Waals surface area contributed by atoms with E-state index in [-0.39, 0.29) is 32.7 Å². The van der Waals surface area contributed by atoms with Crippen LogP contribution < -0.4 is 0 Å². The maximum atomic E-state index is 8.36. The molecular weight excluding hydrogens is 195 g/mol. The number of unbranched alkanes of at least 4 members (excludes halogenated alkanes) is 2. The normalized spacial score (nSPS) is 6.00. The van der Waals surface area contributed by atoms with E-state index in [2.05, 4.69) is 13.8 Å². The van der Waals surface area contributed by atoms with Crippen molar-refractivity contribution in [1.82, 2.24) is 0 Å². The summed E-state index contributed by atoms with van der Waals surface area (Å²) >= 11 is 0. The molecule has 0 aliphatic rings. The molecule has 0 rings (SSSR count). The summed E-state index contributed by atoms with van der Waals surface area (Å²) < 4.78 is 0. The molecule has 0 saturated carbocycles. The number of carbonyl (C=O) groups is 1. The first-order valence-electron chi connectivity index (χ1n) is 2.91. The summed E-state index contributed by atoms with van der Waals surface area (Å²) in [7, 11) is 0.